The maximum absolute atomic E-state index is 12.6. The van der Waals surface area contributed by atoms with Crippen molar-refractivity contribution in [1.29, 1.82) is 0 Å². The molecule has 48 heavy (non-hydrogen) atoms. The molecule has 0 aliphatic carbocycles. The van der Waals surface area contributed by atoms with Gasteiger partial charge in [0.2, 0.25) is 0 Å². The van der Waals surface area contributed by atoms with E-state index in [9.17, 15) is 14.4 Å². The molecule has 1 atom stereocenters. The number of rotatable bonds is 38. The average molecular weight is 683 g/mol. The molecule has 0 aliphatic heterocycles. The molecule has 0 heterocycles. The first-order chi connectivity index (χ1) is 23.5. The first-order valence-corrected chi connectivity index (χ1v) is 20.4. The Labute approximate surface area is 296 Å². The van der Waals surface area contributed by atoms with Gasteiger partial charge in [-0.1, -0.05) is 168 Å². The van der Waals surface area contributed by atoms with Gasteiger partial charge in [-0.15, -0.1) is 0 Å². The molecule has 0 saturated carbocycles. The molecular formula is C40H78N2O6. The van der Waals surface area contributed by atoms with Crippen molar-refractivity contribution in [2.24, 2.45) is 5.73 Å². The largest absolute Gasteiger partial charge is 0.462 e. The second-order valence-corrected chi connectivity index (χ2v) is 13.8. The normalized spacial score (nSPS) is 11.8. The molecule has 0 amide bonds. The Morgan fingerprint density at radius 3 is 1.23 bits per heavy atom. The number of hydrogen-bond acceptors (Lipinski definition) is 8. The number of esters is 3. The number of hydrogen-bond donors (Lipinski definition) is 2. The van der Waals surface area contributed by atoms with Gasteiger partial charge in [-0.25, -0.2) is 0 Å². The summed E-state index contributed by atoms with van der Waals surface area (Å²) in [6, 6.07) is 0. The van der Waals surface area contributed by atoms with Crippen LogP contribution in [-0.2, 0) is 28.6 Å². The molecule has 0 radical (unpaired) electrons. The summed E-state index contributed by atoms with van der Waals surface area (Å²) >= 11 is 0. The summed E-state index contributed by atoms with van der Waals surface area (Å²) in [5.74, 6) is -1.08. The zero-order valence-electron chi connectivity index (χ0n) is 31.6. The van der Waals surface area contributed by atoms with Crippen LogP contribution in [0.1, 0.15) is 200 Å². The van der Waals surface area contributed by atoms with Gasteiger partial charge in [0, 0.05) is 12.8 Å². The first-order valence-electron chi connectivity index (χ1n) is 20.4. The average Bonchev–Trinajstić information content (AvgIpc) is 3.08. The second-order valence-electron chi connectivity index (χ2n) is 13.8. The molecule has 0 rings (SSSR count). The maximum Gasteiger partial charge on any atom is 0.320 e. The first kappa shape index (κ1) is 46.3. The van der Waals surface area contributed by atoms with E-state index in [1.165, 1.54) is 128 Å². The van der Waals surface area contributed by atoms with Crippen molar-refractivity contribution >= 4 is 17.9 Å². The molecule has 8 heteroatoms. The smallest absolute Gasteiger partial charge is 0.320 e. The molecule has 3 N–H and O–H groups in total. The third-order valence-corrected chi connectivity index (χ3v) is 8.95. The van der Waals surface area contributed by atoms with Crippen molar-refractivity contribution in [1.82, 2.24) is 5.32 Å². The van der Waals surface area contributed by atoms with Crippen LogP contribution in [-0.4, -0.2) is 56.9 Å². The van der Waals surface area contributed by atoms with Crippen molar-refractivity contribution in [3.63, 3.8) is 0 Å². The van der Waals surface area contributed by atoms with Gasteiger partial charge in [-0.05, 0) is 32.4 Å². The minimum Gasteiger partial charge on any atom is -0.462 e. The van der Waals surface area contributed by atoms with Crippen LogP contribution in [0.4, 0.5) is 0 Å². The van der Waals surface area contributed by atoms with E-state index in [1.54, 1.807) is 0 Å². The highest BCUT2D eigenvalue weighted by atomic mass is 16.6. The molecule has 1 unspecified atom stereocenters. The van der Waals surface area contributed by atoms with E-state index in [0.29, 0.717) is 25.9 Å². The second kappa shape index (κ2) is 38.1. The standard InChI is InChI=1S/C40H78N2O6/c1-3-5-7-9-11-13-15-17-19-21-23-25-27-30-38(43)46-35-37(36-47-40(45)34-42-33-29-32-41)48-39(44)31-28-26-24-22-20-18-16-14-12-10-8-6-4-2/h37,42H,3-36,41H2,1-2H3. The van der Waals surface area contributed by atoms with E-state index in [0.717, 1.165) is 44.9 Å². The van der Waals surface area contributed by atoms with Gasteiger partial charge in [0.25, 0.3) is 0 Å². The summed E-state index contributed by atoms with van der Waals surface area (Å²) in [5.41, 5.74) is 5.48. The fourth-order valence-corrected chi connectivity index (χ4v) is 5.85. The van der Waals surface area contributed by atoms with Crippen molar-refractivity contribution in [2.75, 3.05) is 32.8 Å². The molecule has 0 aromatic carbocycles. The van der Waals surface area contributed by atoms with Crippen molar-refractivity contribution in [3.8, 4) is 0 Å². The highest BCUT2D eigenvalue weighted by molar-refractivity contribution is 5.72. The van der Waals surface area contributed by atoms with Crippen molar-refractivity contribution < 1.29 is 28.6 Å². The minimum absolute atomic E-state index is 0.0540. The molecule has 0 aromatic rings. The van der Waals surface area contributed by atoms with Crippen LogP contribution in [0.25, 0.3) is 0 Å². The molecule has 0 bridgehead atoms. The topological polar surface area (TPSA) is 117 Å². The van der Waals surface area contributed by atoms with Crippen molar-refractivity contribution in [3.05, 3.63) is 0 Å². The fraction of sp³-hybridized carbons (Fsp3) is 0.925. The third kappa shape index (κ3) is 35.6. The Morgan fingerprint density at radius 1 is 0.479 bits per heavy atom. The Bertz CT molecular complexity index is 720. The predicted octanol–water partition coefficient (Wildman–Crippen LogP) is 9.89. The quantitative estimate of drug-likeness (QED) is 0.0375. The van der Waals surface area contributed by atoms with Crippen LogP contribution in [0.3, 0.4) is 0 Å². The van der Waals surface area contributed by atoms with Crippen LogP contribution >= 0.6 is 0 Å². The summed E-state index contributed by atoms with van der Waals surface area (Å²) < 4.78 is 16.4. The molecule has 0 fully saturated rings. The molecule has 0 aliphatic rings. The fourth-order valence-electron chi connectivity index (χ4n) is 5.85. The number of nitrogens with one attached hydrogen (secondary N) is 1. The number of carbonyl (C=O) groups is 3. The lowest BCUT2D eigenvalue weighted by Crippen LogP contribution is -2.33. The Balaban J connectivity index is 4.17. The third-order valence-electron chi connectivity index (χ3n) is 8.95. The summed E-state index contributed by atoms with van der Waals surface area (Å²) in [6.45, 7) is 5.50. The highest BCUT2D eigenvalue weighted by Gasteiger charge is 2.19. The van der Waals surface area contributed by atoms with E-state index in [1.807, 2.05) is 0 Å². The van der Waals surface area contributed by atoms with E-state index >= 15 is 0 Å². The van der Waals surface area contributed by atoms with Gasteiger partial charge >= 0.3 is 17.9 Å². The number of carbonyl (C=O) groups excluding carboxylic acids is 3. The SMILES string of the molecule is CCCCCCCCCCCCCCCC(=O)OCC(COC(=O)CNCCCN)OC(=O)CCCCCCCCCCCCCCC. The van der Waals surface area contributed by atoms with Crippen LogP contribution < -0.4 is 11.1 Å². The highest BCUT2D eigenvalue weighted by Crippen LogP contribution is 2.15. The Hall–Kier alpha value is -1.67. The van der Waals surface area contributed by atoms with E-state index < -0.39 is 12.1 Å². The lowest BCUT2D eigenvalue weighted by atomic mass is 10.0. The molecule has 0 saturated heterocycles. The van der Waals surface area contributed by atoms with Gasteiger partial charge in [0.1, 0.15) is 13.2 Å². The summed E-state index contributed by atoms with van der Waals surface area (Å²) in [7, 11) is 0. The van der Waals surface area contributed by atoms with Crippen LogP contribution in [0.5, 0.6) is 0 Å². The summed E-state index contributed by atoms with van der Waals surface area (Å²) in [4.78, 5) is 37.1. The molecule has 0 spiro atoms. The molecule has 0 aromatic heterocycles. The summed E-state index contributed by atoms with van der Waals surface area (Å²) in [6.07, 6.45) is 33.0. The minimum atomic E-state index is -0.803. The van der Waals surface area contributed by atoms with Gasteiger partial charge < -0.3 is 25.3 Å². The van der Waals surface area contributed by atoms with Crippen LogP contribution in [0, 0.1) is 0 Å². The van der Waals surface area contributed by atoms with E-state index in [4.69, 9.17) is 19.9 Å². The number of ether oxygens (including phenoxy) is 3. The van der Waals surface area contributed by atoms with Crippen LogP contribution in [0.15, 0.2) is 0 Å². The van der Waals surface area contributed by atoms with Gasteiger partial charge in [0.05, 0.1) is 6.54 Å². The van der Waals surface area contributed by atoms with E-state index in [2.05, 4.69) is 19.2 Å². The monoisotopic (exact) mass is 683 g/mol. The molecule has 8 nitrogen and oxygen atoms in total. The zero-order valence-corrected chi connectivity index (χ0v) is 31.6. The van der Waals surface area contributed by atoms with Gasteiger partial charge in [-0.2, -0.15) is 0 Å². The molecular weight excluding hydrogens is 604 g/mol. The van der Waals surface area contributed by atoms with Gasteiger partial charge in [0.15, 0.2) is 6.10 Å². The zero-order chi connectivity index (χ0) is 35.2. The lowest BCUT2D eigenvalue weighted by molar-refractivity contribution is -0.166. The number of unbranched alkanes of at least 4 members (excludes halogenated alkanes) is 24. The predicted molar refractivity (Wildman–Crippen MR) is 199 cm³/mol. The Kier molecular flexibility index (Phi) is 36.8. The van der Waals surface area contributed by atoms with Crippen molar-refractivity contribution in [2.45, 2.75) is 206 Å². The number of nitrogens with two attached hydrogens (primary N) is 1. The molecule has 284 valence electrons. The van der Waals surface area contributed by atoms with E-state index in [-0.39, 0.29) is 31.7 Å². The summed E-state index contributed by atoms with van der Waals surface area (Å²) in [5, 5.41) is 2.98. The Morgan fingerprint density at radius 2 is 0.833 bits per heavy atom. The van der Waals surface area contributed by atoms with Crippen LogP contribution in [0.2, 0.25) is 0 Å². The lowest BCUT2D eigenvalue weighted by Gasteiger charge is -2.18. The van der Waals surface area contributed by atoms with Gasteiger partial charge in [-0.3, -0.25) is 14.4 Å². The maximum atomic E-state index is 12.6.